The van der Waals surface area contributed by atoms with Gasteiger partial charge in [0.15, 0.2) is 5.65 Å². The maximum Gasteiger partial charge on any atom is 0.274 e. The van der Waals surface area contributed by atoms with Crippen LogP contribution in [0.4, 0.5) is 5.95 Å². The number of carbonyl (C=O) groups is 1. The molecule has 1 aliphatic heterocycles. The number of rotatable bonds is 4. The van der Waals surface area contributed by atoms with Gasteiger partial charge >= 0.3 is 0 Å². The number of carbonyl (C=O) groups excluding carboxylic acids is 1. The Morgan fingerprint density at radius 1 is 0.969 bits per heavy atom. The molecule has 4 aromatic rings. The summed E-state index contributed by atoms with van der Waals surface area (Å²) < 4.78 is 7.09. The van der Waals surface area contributed by atoms with Crippen molar-refractivity contribution in [1.29, 1.82) is 0 Å². The van der Waals surface area contributed by atoms with E-state index in [1.54, 1.807) is 38.0 Å². The van der Waals surface area contributed by atoms with Crippen molar-refractivity contribution >= 4 is 17.5 Å². The summed E-state index contributed by atoms with van der Waals surface area (Å²) in [6.07, 6.45) is 9.61. The molecule has 9 heteroatoms. The lowest BCUT2D eigenvalue weighted by atomic mass is 10.1. The Kier molecular flexibility index (Phi) is 5.37. The summed E-state index contributed by atoms with van der Waals surface area (Å²) in [6.45, 7) is 2.75. The first-order valence-corrected chi connectivity index (χ1v) is 10.5. The van der Waals surface area contributed by atoms with Crippen LogP contribution in [0, 0.1) is 0 Å². The van der Waals surface area contributed by atoms with Crippen LogP contribution in [0.1, 0.15) is 16.9 Å². The maximum atomic E-state index is 13.3. The Labute approximate surface area is 185 Å². The number of benzene rings is 1. The van der Waals surface area contributed by atoms with E-state index < -0.39 is 0 Å². The summed E-state index contributed by atoms with van der Waals surface area (Å²) in [5.41, 5.74) is 2.69. The fraction of sp³-hybridized carbons (Fsp3) is 0.261. The normalized spacial score (nSPS) is 14.4. The average Bonchev–Trinajstić information content (AvgIpc) is 3.14. The van der Waals surface area contributed by atoms with Crippen LogP contribution in [-0.2, 0) is 0 Å². The van der Waals surface area contributed by atoms with Crippen LogP contribution in [0.15, 0.2) is 61.3 Å². The molecule has 32 heavy (non-hydrogen) atoms. The third-order valence-corrected chi connectivity index (χ3v) is 5.58. The first-order valence-electron chi connectivity index (χ1n) is 10.5. The number of hydrogen-bond acceptors (Lipinski definition) is 7. The van der Waals surface area contributed by atoms with Crippen LogP contribution in [0.25, 0.3) is 16.9 Å². The van der Waals surface area contributed by atoms with Crippen LogP contribution in [0.3, 0.4) is 0 Å². The van der Waals surface area contributed by atoms with E-state index in [1.165, 1.54) is 0 Å². The third kappa shape index (κ3) is 3.84. The molecule has 1 saturated heterocycles. The minimum absolute atomic E-state index is 0.0785. The second kappa shape index (κ2) is 8.62. The van der Waals surface area contributed by atoms with E-state index in [4.69, 9.17) is 4.74 Å². The van der Waals surface area contributed by atoms with Crippen molar-refractivity contribution in [2.45, 2.75) is 6.42 Å². The minimum Gasteiger partial charge on any atom is -0.497 e. The average molecular weight is 429 g/mol. The highest BCUT2D eigenvalue weighted by Gasteiger charge is 2.24. The lowest BCUT2D eigenvalue weighted by Crippen LogP contribution is -2.35. The standard InChI is InChI=1S/C23H23N7O2/c1-32-18-6-4-17(5-7-18)20-21-27-19(16-30(21)13-10-24-20)22(31)28-11-3-12-29(15-14-28)23-25-8-2-9-26-23/h2,4-10,13,16H,3,11-12,14-15H2,1H3. The van der Waals surface area contributed by atoms with Gasteiger partial charge in [0.25, 0.3) is 5.91 Å². The van der Waals surface area contributed by atoms with Crippen molar-refractivity contribution in [2.75, 3.05) is 38.2 Å². The van der Waals surface area contributed by atoms with Crippen LogP contribution < -0.4 is 9.64 Å². The monoisotopic (exact) mass is 429 g/mol. The molecule has 3 aromatic heterocycles. The molecule has 5 rings (SSSR count). The molecule has 4 heterocycles. The molecule has 1 fully saturated rings. The molecular formula is C23H23N7O2. The minimum atomic E-state index is -0.0785. The van der Waals surface area contributed by atoms with Gasteiger partial charge in [-0.2, -0.15) is 0 Å². The maximum absolute atomic E-state index is 13.3. The SMILES string of the molecule is COc1ccc(-c2nccn3cc(C(=O)N4CCCN(c5ncccn5)CC4)nc23)cc1. The second-order valence-corrected chi connectivity index (χ2v) is 7.54. The molecule has 0 saturated carbocycles. The number of fused-ring (bicyclic) bond motifs is 1. The Morgan fingerprint density at radius 2 is 1.78 bits per heavy atom. The molecule has 0 bridgehead atoms. The molecule has 1 aliphatic rings. The summed E-state index contributed by atoms with van der Waals surface area (Å²) in [4.78, 5) is 35.0. The lowest BCUT2D eigenvalue weighted by molar-refractivity contribution is 0.0762. The largest absolute Gasteiger partial charge is 0.497 e. The van der Waals surface area contributed by atoms with Gasteiger partial charge in [0.2, 0.25) is 5.95 Å². The Hall–Kier alpha value is -4.01. The van der Waals surface area contributed by atoms with E-state index in [1.807, 2.05) is 39.8 Å². The smallest absolute Gasteiger partial charge is 0.274 e. The summed E-state index contributed by atoms with van der Waals surface area (Å²) >= 11 is 0. The van der Waals surface area contributed by atoms with Crippen LogP contribution in [-0.4, -0.2) is 68.4 Å². The van der Waals surface area contributed by atoms with Gasteiger partial charge in [-0.1, -0.05) is 0 Å². The topological polar surface area (TPSA) is 88.8 Å². The fourth-order valence-corrected chi connectivity index (χ4v) is 3.91. The lowest BCUT2D eigenvalue weighted by Gasteiger charge is -2.21. The van der Waals surface area contributed by atoms with E-state index in [2.05, 4.69) is 24.8 Å². The van der Waals surface area contributed by atoms with Crippen LogP contribution in [0.5, 0.6) is 5.75 Å². The predicted molar refractivity (Wildman–Crippen MR) is 120 cm³/mol. The number of ether oxygens (including phenoxy) is 1. The van der Waals surface area contributed by atoms with Gasteiger partial charge in [0.05, 0.1) is 7.11 Å². The molecule has 162 valence electrons. The van der Waals surface area contributed by atoms with Gasteiger partial charge in [0.1, 0.15) is 17.1 Å². The Bertz CT molecular complexity index is 1220. The molecule has 0 atom stereocenters. The van der Waals surface area contributed by atoms with E-state index in [9.17, 15) is 4.79 Å². The number of hydrogen-bond donors (Lipinski definition) is 0. The molecule has 9 nitrogen and oxygen atoms in total. The van der Waals surface area contributed by atoms with Gasteiger partial charge in [0, 0.05) is 62.7 Å². The number of anilines is 1. The van der Waals surface area contributed by atoms with Crippen molar-refractivity contribution in [3.63, 3.8) is 0 Å². The van der Waals surface area contributed by atoms with Gasteiger partial charge in [-0.15, -0.1) is 0 Å². The van der Waals surface area contributed by atoms with Gasteiger partial charge < -0.3 is 18.9 Å². The summed E-state index contributed by atoms with van der Waals surface area (Å²) in [5.74, 6) is 1.39. The predicted octanol–water partition coefficient (Wildman–Crippen LogP) is 2.55. The quantitative estimate of drug-likeness (QED) is 0.493. The van der Waals surface area contributed by atoms with Crippen molar-refractivity contribution in [3.8, 4) is 17.0 Å². The van der Waals surface area contributed by atoms with Gasteiger partial charge in [-0.3, -0.25) is 9.78 Å². The zero-order chi connectivity index (χ0) is 21.9. The molecule has 0 aliphatic carbocycles. The first kappa shape index (κ1) is 19.9. The van der Waals surface area contributed by atoms with Crippen molar-refractivity contribution in [3.05, 3.63) is 67.0 Å². The highest BCUT2D eigenvalue weighted by Crippen LogP contribution is 2.24. The molecule has 0 spiro atoms. The molecule has 1 aromatic carbocycles. The Morgan fingerprint density at radius 3 is 2.56 bits per heavy atom. The molecule has 0 radical (unpaired) electrons. The zero-order valence-electron chi connectivity index (χ0n) is 17.8. The Balaban J connectivity index is 1.38. The fourth-order valence-electron chi connectivity index (χ4n) is 3.91. The molecular weight excluding hydrogens is 406 g/mol. The highest BCUT2D eigenvalue weighted by molar-refractivity contribution is 5.93. The third-order valence-electron chi connectivity index (χ3n) is 5.58. The summed E-state index contributed by atoms with van der Waals surface area (Å²) in [5, 5.41) is 0. The molecule has 0 unspecified atom stereocenters. The molecule has 1 amide bonds. The zero-order valence-corrected chi connectivity index (χ0v) is 17.8. The van der Waals surface area contributed by atoms with E-state index in [0.717, 1.165) is 30.0 Å². The van der Waals surface area contributed by atoms with E-state index in [-0.39, 0.29) is 5.91 Å². The summed E-state index contributed by atoms with van der Waals surface area (Å²) in [6, 6.07) is 9.44. The van der Waals surface area contributed by atoms with E-state index in [0.29, 0.717) is 36.9 Å². The van der Waals surface area contributed by atoms with Gasteiger partial charge in [-0.25, -0.2) is 15.0 Å². The second-order valence-electron chi connectivity index (χ2n) is 7.54. The van der Waals surface area contributed by atoms with Crippen LogP contribution >= 0.6 is 0 Å². The first-order chi connectivity index (χ1) is 15.7. The number of amides is 1. The van der Waals surface area contributed by atoms with E-state index >= 15 is 0 Å². The number of aromatic nitrogens is 5. The van der Waals surface area contributed by atoms with Gasteiger partial charge in [-0.05, 0) is 36.8 Å². The number of nitrogens with zero attached hydrogens (tertiary/aromatic N) is 7. The molecule has 0 N–H and O–H groups in total. The van der Waals surface area contributed by atoms with Crippen LogP contribution in [0.2, 0.25) is 0 Å². The van der Waals surface area contributed by atoms with Crippen molar-refractivity contribution < 1.29 is 9.53 Å². The highest BCUT2D eigenvalue weighted by atomic mass is 16.5. The number of imidazole rings is 1. The number of methoxy groups -OCH3 is 1. The van der Waals surface area contributed by atoms with Crippen molar-refractivity contribution in [1.82, 2.24) is 29.2 Å². The van der Waals surface area contributed by atoms with Crippen molar-refractivity contribution in [2.24, 2.45) is 0 Å². The summed E-state index contributed by atoms with van der Waals surface area (Å²) in [7, 11) is 1.63.